The highest BCUT2D eigenvalue weighted by Gasteiger charge is 2.04. The van der Waals surface area contributed by atoms with E-state index in [1.807, 2.05) is 13.0 Å². The van der Waals surface area contributed by atoms with Crippen molar-refractivity contribution in [3.63, 3.8) is 0 Å². The van der Waals surface area contributed by atoms with Crippen LogP contribution in [0.4, 0.5) is 10.1 Å². The average molecular weight is 165 g/mol. The Morgan fingerprint density at radius 2 is 2.17 bits per heavy atom. The number of anilines is 1. The van der Waals surface area contributed by atoms with Gasteiger partial charge in [-0.1, -0.05) is 12.7 Å². The van der Waals surface area contributed by atoms with Crippen LogP contribution in [0.1, 0.15) is 11.1 Å². The molecule has 0 spiro atoms. The summed E-state index contributed by atoms with van der Waals surface area (Å²) >= 11 is 0. The summed E-state index contributed by atoms with van der Waals surface area (Å²) in [7, 11) is 1.77. The number of benzene rings is 1. The van der Waals surface area contributed by atoms with E-state index in [0.717, 1.165) is 11.3 Å². The van der Waals surface area contributed by atoms with Crippen LogP contribution in [0.25, 0.3) is 6.08 Å². The lowest BCUT2D eigenvalue weighted by molar-refractivity contribution is 0.624. The van der Waals surface area contributed by atoms with Crippen LogP contribution in [0, 0.1) is 12.7 Å². The molecule has 0 unspecified atom stereocenters. The quantitative estimate of drug-likeness (QED) is 0.710. The first kappa shape index (κ1) is 8.78. The summed E-state index contributed by atoms with van der Waals surface area (Å²) in [4.78, 5) is 0. The highest BCUT2D eigenvalue weighted by molar-refractivity contribution is 5.66. The zero-order valence-corrected chi connectivity index (χ0v) is 7.32. The fourth-order valence-electron chi connectivity index (χ4n) is 1.17. The van der Waals surface area contributed by atoms with Gasteiger partial charge in [-0.3, -0.25) is 0 Å². The fourth-order valence-corrected chi connectivity index (χ4v) is 1.17. The Labute approximate surface area is 71.9 Å². The van der Waals surface area contributed by atoms with Gasteiger partial charge in [0, 0.05) is 18.3 Å². The van der Waals surface area contributed by atoms with Crippen molar-refractivity contribution in [1.82, 2.24) is 0 Å². The maximum Gasteiger partial charge on any atom is 0.132 e. The minimum atomic E-state index is -0.227. The zero-order chi connectivity index (χ0) is 9.14. The molecule has 0 aliphatic heterocycles. The molecular formula is C10H12FN. The van der Waals surface area contributed by atoms with Gasteiger partial charge in [0.25, 0.3) is 0 Å². The van der Waals surface area contributed by atoms with Gasteiger partial charge in [-0.2, -0.15) is 0 Å². The van der Waals surface area contributed by atoms with Crippen molar-refractivity contribution in [2.45, 2.75) is 6.92 Å². The Bertz CT molecular complexity index is 305. The SMILES string of the molecule is C=Cc1c(F)cc(C)cc1NC. The van der Waals surface area contributed by atoms with Crippen LogP contribution >= 0.6 is 0 Å². The number of hydrogen-bond acceptors (Lipinski definition) is 1. The summed E-state index contributed by atoms with van der Waals surface area (Å²) in [5.74, 6) is -0.227. The third kappa shape index (κ3) is 1.47. The molecule has 0 bridgehead atoms. The molecule has 0 heterocycles. The maximum absolute atomic E-state index is 13.2. The predicted octanol–water partition coefficient (Wildman–Crippen LogP) is 2.82. The first-order valence-corrected chi connectivity index (χ1v) is 3.79. The molecule has 0 aliphatic carbocycles. The normalized spacial score (nSPS) is 9.58. The summed E-state index contributed by atoms with van der Waals surface area (Å²) in [5.41, 5.74) is 2.22. The summed E-state index contributed by atoms with van der Waals surface area (Å²) in [6.45, 7) is 5.41. The summed E-state index contributed by atoms with van der Waals surface area (Å²) in [6.07, 6.45) is 1.51. The van der Waals surface area contributed by atoms with Crippen LogP contribution in [-0.2, 0) is 0 Å². The third-order valence-corrected chi connectivity index (χ3v) is 1.75. The molecule has 0 aromatic heterocycles. The summed E-state index contributed by atoms with van der Waals surface area (Å²) < 4.78 is 13.2. The molecule has 0 saturated heterocycles. The second-order valence-corrected chi connectivity index (χ2v) is 2.66. The zero-order valence-electron chi connectivity index (χ0n) is 7.32. The number of aryl methyl sites for hydroxylation is 1. The number of nitrogens with one attached hydrogen (secondary N) is 1. The van der Waals surface area contributed by atoms with E-state index in [2.05, 4.69) is 11.9 Å². The Morgan fingerprint density at radius 1 is 1.50 bits per heavy atom. The molecular weight excluding hydrogens is 153 g/mol. The lowest BCUT2D eigenvalue weighted by Crippen LogP contribution is -1.95. The highest BCUT2D eigenvalue weighted by atomic mass is 19.1. The molecule has 64 valence electrons. The molecule has 12 heavy (non-hydrogen) atoms. The largest absolute Gasteiger partial charge is 0.388 e. The molecule has 1 N–H and O–H groups in total. The van der Waals surface area contributed by atoms with E-state index >= 15 is 0 Å². The van der Waals surface area contributed by atoms with Gasteiger partial charge in [0.2, 0.25) is 0 Å². The Balaban J connectivity index is 3.33. The second kappa shape index (κ2) is 3.39. The van der Waals surface area contributed by atoms with Crippen molar-refractivity contribution >= 4 is 11.8 Å². The van der Waals surface area contributed by atoms with Crippen molar-refractivity contribution < 1.29 is 4.39 Å². The van der Waals surface area contributed by atoms with E-state index in [1.54, 1.807) is 7.05 Å². The van der Waals surface area contributed by atoms with Crippen LogP contribution < -0.4 is 5.32 Å². The van der Waals surface area contributed by atoms with E-state index in [-0.39, 0.29) is 5.82 Å². The summed E-state index contributed by atoms with van der Waals surface area (Å²) in [5, 5.41) is 2.92. The van der Waals surface area contributed by atoms with Crippen LogP contribution in [0.15, 0.2) is 18.7 Å². The molecule has 2 heteroatoms. The van der Waals surface area contributed by atoms with Crippen LogP contribution in [0.3, 0.4) is 0 Å². The molecule has 0 atom stereocenters. The smallest absolute Gasteiger partial charge is 0.132 e. The Hall–Kier alpha value is -1.31. The van der Waals surface area contributed by atoms with Crippen molar-refractivity contribution in [3.8, 4) is 0 Å². The van der Waals surface area contributed by atoms with Crippen molar-refractivity contribution in [2.24, 2.45) is 0 Å². The first-order valence-electron chi connectivity index (χ1n) is 3.79. The molecule has 0 fully saturated rings. The average Bonchev–Trinajstić information content (AvgIpc) is 2.03. The monoisotopic (exact) mass is 165 g/mol. The second-order valence-electron chi connectivity index (χ2n) is 2.66. The van der Waals surface area contributed by atoms with Crippen LogP contribution in [-0.4, -0.2) is 7.05 Å². The lowest BCUT2D eigenvalue weighted by Gasteiger charge is -2.07. The van der Waals surface area contributed by atoms with E-state index < -0.39 is 0 Å². The standard InChI is InChI=1S/C10H12FN/c1-4-8-9(11)5-7(2)6-10(8)12-3/h4-6,12H,1H2,2-3H3. The van der Waals surface area contributed by atoms with Gasteiger partial charge in [-0.25, -0.2) is 4.39 Å². The molecule has 0 amide bonds. The highest BCUT2D eigenvalue weighted by Crippen LogP contribution is 2.21. The summed E-state index contributed by atoms with van der Waals surface area (Å²) in [6, 6.07) is 3.39. The van der Waals surface area contributed by atoms with Crippen molar-refractivity contribution in [1.29, 1.82) is 0 Å². The predicted molar refractivity (Wildman–Crippen MR) is 50.8 cm³/mol. The van der Waals surface area contributed by atoms with E-state index in [1.165, 1.54) is 12.1 Å². The van der Waals surface area contributed by atoms with Gasteiger partial charge in [0.1, 0.15) is 5.82 Å². The minimum absolute atomic E-state index is 0.227. The van der Waals surface area contributed by atoms with Gasteiger partial charge in [-0.15, -0.1) is 0 Å². The number of halogens is 1. The molecule has 1 nitrogen and oxygen atoms in total. The molecule has 1 aromatic rings. The Kier molecular flexibility index (Phi) is 2.48. The number of hydrogen-bond donors (Lipinski definition) is 1. The van der Waals surface area contributed by atoms with Gasteiger partial charge in [-0.05, 0) is 24.6 Å². The number of rotatable bonds is 2. The molecule has 0 radical (unpaired) electrons. The Morgan fingerprint density at radius 3 is 2.67 bits per heavy atom. The van der Waals surface area contributed by atoms with Crippen LogP contribution in [0.5, 0.6) is 0 Å². The van der Waals surface area contributed by atoms with Gasteiger partial charge in [0.05, 0.1) is 0 Å². The molecule has 1 rings (SSSR count). The van der Waals surface area contributed by atoms with Gasteiger partial charge >= 0.3 is 0 Å². The van der Waals surface area contributed by atoms with Gasteiger partial charge < -0.3 is 5.32 Å². The topological polar surface area (TPSA) is 12.0 Å². The van der Waals surface area contributed by atoms with Crippen molar-refractivity contribution in [2.75, 3.05) is 12.4 Å². The van der Waals surface area contributed by atoms with E-state index in [4.69, 9.17) is 0 Å². The third-order valence-electron chi connectivity index (χ3n) is 1.75. The molecule has 1 aromatic carbocycles. The maximum atomic E-state index is 13.2. The fraction of sp³-hybridized carbons (Fsp3) is 0.200. The van der Waals surface area contributed by atoms with Gasteiger partial charge in [0.15, 0.2) is 0 Å². The molecule has 0 saturated carbocycles. The minimum Gasteiger partial charge on any atom is -0.388 e. The first-order chi connectivity index (χ1) is 5.69. The molecule has 0 aliphatic rings. The van der Waals surface area contributed by atoms with Crippen LogP contribution in [0.2, 0.25) is 0 Å². The lowest BCUT2D eigenvalue weighted by atomic mass is 10.1. The van der Waals surface area contributed by atoms with E-state index in [0.29, 0.717) is 5.56 Å². The van der Waals surface area contributed by atoms with Crippen molar-refractivity contribution in [3.05, 3.63) is 35.7 Å². The van der Waals surface area contributed by atoms with E-state index in [9.17, 15) is 4.39 Å².